The van der Waals surface area contributed by atoms with Crippen molar-refractivity contribution in [2.75, 3.05) is 0 Å². The fourth-order valence-electron chi connectivity index (χ4n) is 2.13. The third-order valence-corrected chi connectivity index (χ3v) is 4.85. The van der Waals surface area contributed by atoms with E-state index in [1.54, 1.807) is 0 Å². The SMILES string of the molecule is Cc1nn2c(=O)cc(CSc3nnc(-c4ccccc4)o3)nc2s1. The molecular weight excluding hydrogens is 346 g/mol. The van der Waals surface area contributed by atoms with Crippen LogP contribution >= 0.6 is 23.1 Å². The van der Waals surface area contributed by atoms with Gasteiger partial charge in [0.15, 0.2) is 0 Å². The van der Waals surface area contributed by atoms with E-state index in [2.05, 4.69) is 20.3 Å². The molecule has 0 spiro atoms. The highest BCUT2D eigenvalue weighted by molar-refractivity contribution is 7.98. The van der Waals surface area contributed by atoms with Gasteiger partial charge in [-0.1, -0.05) is 41.3 Å². The zero-order valence-corrected chi connectivity index (χ0v) is 14.2. The molecule has 0 atom stereocenters. The topological polar surface area (TPSA) is 86.2 Å². The van der Waals surface area contributed by atoms with Crippen molar-refractivity contribution in [3.63, 3.8) is 0 Å². The Morgan fingerprint density at radius 1 is 1.25 bits per heavy atom. The van der Waals surface area contributed by atoms with Crippen molar-refractivity contribution in [3.8, 4) is 11.5 Å². The second kappa shape index (κ2) is 6.17. The molecule has 0 fully saturated rings. The lowest BCUT2D eigenvalue weighted by molar-refractivity contribution is 0.466. The molecule has 0 radical (unpaired) electrons. The Kier molecular flexibility index (Phi) is 3.87. The molecule has 0 saturated carbocycles. The van der Waals surface area contributed by atoms with Gasteiger partial charge in [0.05, 0.1) is 5.69 Å². The number of hydrogen-bond acceptors (Lipinski definition) is 8. The summed E-state index contributed by atoms with van der Waals surface area (Å²) in [4.78, 5) is 17.1. The predicted molar refractivity (Wildman–Crippen MR) is 91.2 cm³/mol. The Balaban J connectivity index is 1.53. The Morgan fingerprint density at radius 2 is 2.08 bits per heavy atom. The first-order valence-electron chi connectivity index (χ1n) is 7.07. The van der Waals surface area contributed by atoms with Gasteiger partial charge < -0.3 is 4.42 Å². The molecule has 0 unspecified atom stereocenters. The van der Waals surface area contributed by atoms with E-state index in [9.17, 15) is 4.79 Å². The number of rotatable bonds is 4. The van der Waals surface area contributed by atoms with Crippen LogP contribution in [0.4, 0.5) is 0 Å². The van der Waals surface area contributed by atoms with Gasteiger partial charge in [0.2, 0.25) is 10.9 Å². The lowest BCUT2D eigenvalue weighted by Crippen LogP contribution is -2.15. The summed E-state index contributed by atoms with van der Waals surface area (Å²) in [5, 5.41) is 13.4. The largest absolute Gasteiger partial charge is 0.411 e. The highest BCUT2D eigenvalue weighted by Gasteiger charge is 2.11. The van der Waals surface area contributed by atoms with Crippen molar-refractivity contribution < 1.29 is 4.42 Å². The minimum Gasteiger partial charge on any atom is -0.411 e. The normalized spacial score (nSPS) is 11.2. The molecule has 0 aliphatic rings. The zero-order chi connectivity index (χ0) is 16.5. The summed E-state index contributed by atoms with van der Waals surface area (Å²) in [6.07, 6.45) is 0. The second-order valence-electron chi connectivity index (χ2n) is 4.93. The molecule has 4 rings (SSSR count). The molecule has 7 nitrogen and oxygen atoms in total. The summed E-state index contributed by atoms with van der Waals surface area (Å²) in [5.41, 5.74) is 1.35. The number of aryl methyl sites for hydroxylation is 1. The predicted octanol–water partition coefficient (Wildman–Crippen LogP) is 2.80. The summed E-state index contributed by atoms with van der Waals surface area (Å²) < 4.78 is 6.95. The smallest absolute Gasteiger partial charge is 0.277 e. The highest BCUT2D eigenvalue weighted by atomic mass is 32.2. The lowest BCUT2D eigenvalue weighted by Gasteiger charge is -1.97. The van der Waals surface area contributed by atoms with Gasteiger partial charge in [-0.05, 0) is 19.1 Å². The van der Waals surface area contributed by atoms with Crippen molar-refractivity contribution in [1.29, 1.82) is 0 Å². The molecule has 0 bridgehead atoms. The maximum absolute atomic E-state index is 12.0. The minimum atomic E-state index is -0.185. The number of benzene rings is 1. The second-order valence-corrected chi connectivity index (χ2v) is 7.02. The summed E-state index contributed by atoms with van der Waals surface area (Å²) in [5.74, 6) is 0.943. The van der Waals surface area contributed by atoms with Crippen LogP contribution in [0.15, 0.2) is 50.8 Å². The fourth-order valence-corrected chi connectivity index (χ4v) is 3.55. The lowest BCUT2D eigenvalue weighted by atomic mass is 10.2. The van der Waals surface area contributed by atoms with Gasteiger partial charge in [0.1, 0.15) is 5.01 Å². The van der Waals surface area contributed by atoms with E-state index in [0.717, 1.165) is 10.6 Å². The molecule has 1 aromatic carbocycles. The Morgan fingerprint density at radius 3 is 2.92 bits per heavy atom. The monoisotopic (exact) mass is 357 g/mol. The van der Waals surface area contributed by atoms with Crippen LogP contribution in [0.5, 0.6) is 0 Å². The van der Waals surface area contributed by atoms with Crippen molar-refractivity contribution >= 4 is 28.1 Å². The van der Waals surface area contributed by atoms with Crippen molar-refractivity contribution in [2.45, 2.75) is 17.9 Å². The first-order valence-corrected chi connectivity index (χ1v) is 8.87. The number of hydrogen-bond donors (Lipinski definition) is 0. The first-order chi connectivity index (χ1) is 11.7. The van der Waals surface area contributed by atoms with Crippen LogP contribution in [0.3, 0.4) is 0 Å². The summed E-state index contributed by atoms with van der Waals surface area (Å²) in [6.45, 7) is 1.84. The summed E-state index contributed by atoms with van der Waals surface area (Å²) in [6, 6.07) is 11.0. The summed E-state index contributed by atoms with van der Waals surface area (Å²) >= 11 is 2.73. The van der Waals surface area contributed by atoms with Crippen LogP contribution in [0.25, 0.3) is 16.4 Å². The van der Waals surface area contributed by atoms with E-state index in [1.165, 1.54) is 33.7 Å². The van der Waals surface area contributed by atoms with Gasteiger partial charge in [0, 0.05) is 17.4 Å². The molecule has 0 aliphatic heterocycles. The van der Waals surface area contributed by atoms with Gasteiger partial charge in [0.25, 0.3) is 10.8 Å². The third-order valence-electron chi connectivity index (χ3n) is 3.17. The Bertz CT molecular complexity index is 1050. The average molecular weight is 357 g/mol. The van der Waals surface area contributed by atoms with E-state index >= 15 is 0 Å². The third kappa shape index (κ3) is 2.95. The van der Waals surface area contributed by atoms with E-state index in [1.807, 2.05) is 37.3 Å². The molecule has 3 heterocycles. The van der Waals surface area contributed by atoms with Crippen molar-refractivity contribution in [1.82, 2.24) is 24.8 Å². The van der Waals surface area contributed by atoms with Crippen molar-refractivity contribution in [3.05, 3.63) is 57.5 Å². The molecule has 0 saturated heterocycles. The molecule has 0 aliphatic carbocycles. The van der Waals surface area contributed by atoms with E-state index in [0.29, 0.717) is 27.5 Å². The van der Waals surface area contributed by atoms with Crippen LogP contribution in [-0.2, 0) is 5.75 Å². The molecule has 9 heteroatoms. The average Bonchev–Trinajstić information content (AvgIpc) is 3.20. The standard InChI is InChI=1S/C15H11N5O2S2/c1-9-19-20-12(21)7-11(16-14(20)24-9)8-23-15-18-17-13(22-15)10-5-3-2-4-6-10/h2-7H,8H2,1H3. The van der Waals surface area contributed by atoms with Gasteiger partial charge in [-0.25, -0.2) is 4.98 Å². The molecule has 0 amide bonds. The number of nitrogens with zero attached hydrogens (tertiary/aromatic N) is 5. The van der Waals surface area contributed by atoms with Gasteiger partial charge in [-0.3, -0.25) is 4.79 Å². The molecule has 24 heavy (non-hydrogen) atoms. The molecule has 3 aromatic heterocycles. The van der Waals surface area contributed by atoms with Crippen LogP contribution in [-0.4, -0.2) is 24.8 Å². The highest BCUT2D eigenvalue weighted by Crippen LogP contribution is 2.25. The van der Waals surface area contributed by atoms with Crippen LogP contribution in [0, 0.1) is 6.92 Å². The van der Waals surface area contributed by atoms with Crippen LogP contribution < -0.4 is 5.56 Å². The van der Waals surface area contributed by atoms with Crippen molar-refractivity contribution in [2.24, 2.45) is 0 Å². The van der Waals surface area contributed by atoms with E-state index in [-0.39, 0.29) is 5.56 Å². The maximum Gasteiger partial charge on any atom is 0.277 e. The molecule has 120 valence electrons. The number of fused-ring (bicyclic) bond motifs is 1. The fraction of sp³-hybridized carbons (Fsp3) is 0.133. The van der Waals surface area contributed by atoms with Gasteiger partial charge >= 0.3 is 0 Å². The Hall–Kier alpha value is -2.52. The number of thioether (sulfide) groups is 1. The first kappa shape index (κ1) is 15.0. The maximum atomic E-state index is 12.0. The van der Waals surface area contributed by atoms with Crippen LogP contribution in [0.2, 0.25) is 0 Å². The zero-order valence-electron chi connectivity index (χ0n) is 12.5. The summed E-state index contributed by atoms with van der Waals surface area (Å²) in [7, 11) is 0. The van der Waals surface area contributed by atoms with Gasteiger partial charge in [-0.2, -0.15) is 9.61 Å². The van der Waals surface area contributed by atoms with Crippen LogP contribution in [0.1, 0.15) is 10.7 Å². The Labute approximate surface area is 144 Å². The van der Waals surface area contributed by atoms with Gasteiger partial charge in [-0.15, -0.1) is 10.2 Å². The minimum absolute atomic E-state index is 0.185. The number of aromatic nitrogens is 5. The van der Waals surface area contributed by atoms with E-state index < -0.39 is 0 Å². The quantitative estimate of drug-likeness (QED) is 0.519. The molecule has 0 N–H and O–H groups in total. The van der Waals surface area contributed by atoms with E-state index in [4.69, 9.17) is 4.42 Å². The molecular formula is C15H11N5O2S2. The molecule has 4 aromatic rings.